The van der Waals surface area contributed by atoms with Crippen LogP contribution in [0, 0.1) is 0 Å². The topological polar surface area (TPSA) is 0 Å². The molecule has 0 aliphatic rings. The molecular formula is C13H26. The van der Waals surface area contributed by atoms with E-state index in [0.29, 0.717) is 0 Å². The van der Waals surface area contributed by atoms with E-state index in [-0.39, 0.29) is 0 Å². The van der Waals surface area contributed by atoms with Crippen molar-refractivity contribution in [1.82, 2.24) is 0 Å². The predicted molar refractivity (Wildman–Crippen MR) is 62.0 cm³/mol. The summed E-state index contributed by atoms with van der Waals surface area (Å²) in [6.07, 6.45) is 9.37. The Hall–Kier alpha value is -0.260. The third kappa shape index (κ3) is 5.90. The molecule has 0 rings (SSSR count). The molecule has 0 radical (unpaired) electrons. The fourth-order valence-corrected chi connectivity index (χ4v) is 1.85. The highest BCUT2D eigenvalue weighted by atomic mass is 14.0. The largest absolute Gasteiger partial charge is 0.0741 e. The molecule has 0 aromatic carbocycles. The van der Waals surface area contributed by atoms with Gasteiger partial charge < -0.3 is 0 Å². The molecule has 0 amide bonds. The van der Waals surface area contributed by atoms with Gasteiger partial charge in [-0.2, -0.15) is 0 Å². The molecular weight excluding hydrogens is 156 g/mol. The Bertz CT molecular complexity index is 136. The van der Waals surface area contributed by atoms with Crippen molar-refractivity contribution >= 4 is 0 Å². The minimum atomic E-state index is 1.25. The van der Waals surface area contributed by atoms with Crippen LogP contribution in [0.4, 0.5) is 0 Å². The first-order valence-electron chi connectivity index (χ1n) is 5.93. The summed E-state index contributed by atoms with van der Waals surface area (Å²) in [7, 11) is 0. The van der Waals surface area contributed by atoms with Gasteiger partial charge in [0.1, 0.15) is 0 Å². The van der Waals surface area contributed by atoms with Crippen LogP contribution in [0.5, 0.6) is 0 Å². The summed E-state index contributed by atoms with van der Waals surface area (Å²) < 4.78 is 0. The Balaban J connectivity index is 3.69. The molecule has 0 saturated heterocycles. The zero-order valence-electron chi connectivity index (χ0n) is 9.95. The first-order chi connectivity index (χ1) is 6.26. The lowest BCUT2D eigenvalue weighted by Crippen LogP contribution is -1.87. The summed E-state index contributed by atoms with van der Waals surface area (Å²) in [4.78, 5) is 0. The predicted octanol–water partition coefficient (Wildman–Crippen LogP) is 5.09. The fraction of sp³-hybridized carbons (Fsp3) is 0.846. The van der Waals surface area contributed by atoms with E-state index in [1.54, 1.807) is 11.1 Å². The Morgan fingerprint density at radius 2 is 1.46 bits per heavy atom. The van der Waals surface area contributed by atoms with Crippen molar-refractivity contribution in [2.45, 2.75) is 72.6 Å². The lowest BCUT2D eigenvalue weighted by atomic mass is 9.99. The van der Waals surface area contributed by atoms with Gasteiger partial charge in [-0.25, -0.2) is 0 Å². The molecule has 0 N–H and O–H groups in total. The molecule has 0 fully saturated rings. The van der Waals surface area contributed by atoms with Crippen LogP contribution in [0.3, 0.4) is 0 Å². The van der Waals surface area contributed by atoms with Crippen LogP contribution in [0.15, 0.2) is 11.1 Å². The van der Waals surface area contributed by atoms with Crippen molar-refractivity contribution in [3.8, 4) is 0 Å². The summed E-state index contributed by atoms with van der Waals surface area (Å²) in [5, 5.41) is 0. The second kappa shape index (κ2) is 8.34. The van der Waals surface area contributed by atoms with Crippen LogP contribution in [-0.2, 0) is 0 Å². The molecule has 0 nitrogen and oxygen atoms in total. The average Bonchev–Trinajstić information content (AvgIpc) is 2.14. The lowest BCUT2D eigenvalue weighted by molar-refractivity contribution is 0.659. The maximum atomic E-state index is 2.31. The molecule has 0 heterocycles. The molecule has 0 aromatic rings. The van der Waals surface area contributed by atoms with Gasteiger partial charge in [-0.15, -0.1) is 0 Å². The first kappa shape index (κ1) is 12.7. The van der Waals surface area contributed by atoms with Gasteiger partial charge >= 0.3 is 0 Å². The summed E-state index contributed by atoms with van der Waals surface area (Å²) in [5.41, 5.74) is 3.33. The van der Waals surface area contributed by atoms with Gasteiger partial charge in [-0.1, -0.05) is 51.2 Å². The Kier molecular flexibility index (Phi) is 8.18. The highest BCUT2D eigenvalue weighted by Crippen LogP contribution is 2.18. The molecule has 13 heavy (non-hydrogen) atoms. The Morgan fingerprint density at radius 3 is 1.92 bits per heavy atom. The minimum Gasteiger partial charge on any atom is -0.0741 e. The van der Waals surface area contributed by atoms with Crippen LogP contribution in [0.2, 0.25) is 0 Å². The quantitative estimate of drug-likeness (QED) is 0.380. The zero-order chi connectivity index (χ0) is 10.1. The third-order valence-corrected chi connectivity index (χ3v) is 2.86. The number of rotatable bonds is 7. The average molecular weight is 182 g/mol. The lowest BCUT2D eigenvalue weighted by Gasteiger charge is -2.07. The summed E-state index contributed by atoms with van der Waals surface area (Å²) in [5.74, 6) is 0. The monoisotopic (exact) mass is 182 g/mol. The second-order valence-electron chi connectivity index (χ2n) is 3.90. The number of allylic oxidation sites excluding steroid dienone is 2. The van der Waals surface area contributed by atoms with Gasteiger partial charge in [0.2, 0.25) is 0 Å². The van der Waals surface area contributed by atoms with Crippen LogP contribution < -0.4 is 0 Å². The van der Waals surface area contributed by atoms with E-state index in [2.05, 4.69) is 27.7 Å². The van der Waals surface area contributed by atoms with Crippen molar-refractivity contribution in [2.75, 3.05) is 0 Å². The number of unbranched alkanes of at least 4 members (excludes halogenated alkanes) is 3. The van der Waals surface area contributed by atoms with Gasteiger partial charge in [0.05, 0.1) is 0 Å². The van der Waals surface area contributed by atoms with Crippen LogP contribution in [0.1, 0.15) is 72.6 Å². The van der Waals surface area contributed by atoms with Gasteiger partial charge in [0, 0.05) is 0 Å². The van der Waals surface area contributed by atoms with E-state index in [4.69, 9.17) is 0 Å². The van der Waals surface area contributed by atoms with Crippen molar-refractivity contribution in [2.24, 2.45) is 0 Å². The summed E-state index contributed by atoms with van der Waals surface area (Å²) in [6.45, 7) is 9.13. The third-order valence-electron chi connectivity index (χ3n) is 2.86. The molecule has 0 aliphatic heterocycles. The Morgan fingerprint density at radius 1 is 0.846 bits per heavy atom. The molecule has 0 aromatic heterocycles. The smallest absolute Gasteiger partial charge is 0.0320 e. The van der Waals surface area contributed by atoms with E-state index in [1.807, 2.05) is 0 Å². The molecule has 0 unspecified atom stereocenters. The molecule has 0 saturated carbocycles. The molecule has 0 bridgehead atoms. The van der Waals surface area contributed by atoms with Crippen molar-refractivity contribution in [3.63, 3.8) is 0 Å². The highest BCUT2D eigenvalue weighted by molar-refractivity contribution is 5.10. The van der Waals surface area contributed by atoms with Gasteiger partial charge in [-0.05, 0) is 32.6 Å². The fourth-order valence-electron chi connectivity index (χ4n) is 1.85. The van der Waals surface area contributed by atoms with Crippen LogP contribution in [0.25, 0.3) is 0 Å². The minimum absolute atomic E-state index is 1.25. The highest BCUT2D eigenvalue weighted by Gasteiger charge is 1.97. The van der Waals surface area contributed by atoms with Crippen molar-refractivity contribution < 1.29 is 0 Å². The maximum Gasteiger partial charge on any atom is -0.0320 e. The van der Waals surface area contributed by atoms with E-state index in [0.717, 1.165) is 0 Å². The van der Waals surface area contributed by atoms with E-state index in [9.17, 15) is 0 Å². The molecule has 0 atom stereocenters. The van der Waals surface area contributed by atoms with Gasteiger partial charge in [0.15, 0.2) is 0 Å². The number of hydrogen-bond donors (Lipinski definition) is 0. The molecule has 78 valence electrons. The van der Waals surface area contributed by atoms with Gasteiger partial charge in [0.25, 0.3) is 0 Å². The second-order valence-corrected chi connectivity index (χ2v) is 3.90. The van der Waals surface area contributed by atoms with E-state index >= 15 is 0 Å². The zero-order valence-corrected chi connectivity index (χ0v) is 9.95. The van der Waals surface area contributed by atoms with Gasteiger partial charge in [-0.3, -0.25) is 0 Å². The van der Waals surface area contributed by atoms with E-state index in [1.165, 1.54) is 44.9 Å². The van der Waals surface area contributed by atoms with Crippen molar-refractivity contribution in [3.05, 3.63) is 11.1 Å². The van der Waals surface area contributed by atoms with Crippen molar-refractivity contribution in [1.29, 1.82) is 0 Å². The molecule has 0 spiro atoms. The van der Waals surface area contributed by atoms with Crippen LogP contribution in [-0.4, -0.2) is 0 Å². The van der Waals surface area contributed by atoms with E-state index < -0.39 is 0 Å². The standard InChI is InChI=1S/C13H26/c1-5-8-9-10-11-12(4)13(6-2)7-3/h5-11H2,1-4H3. The summed E-state index contributed by atoms with van der Waals surface area (Å²) >= 11 is 0. The number of hydrogen-bond acceptors (Lipinski definition) is 0. The Labute approximate surface area is 84.4 Å². The van der Waals surface area contributed by atoms with Crippen LogP contribution >= 0.6 is 0 Å². The SMILES string of the molecule is CCCCCCC(C)=C(CC)CC. The summed E-state index contributed by atoms with van der Waals surface area (Å²) in [6, 6.07) is 0. The maximum absolute atomic E-state index is 2.31. The normalized spacial score (nSPS) is 10.2. The molecule has 0 heteroatoms. The molecule has 0 aliphatic carbocycles. The first-order valence-corrected chi connectivity index (χ1v) is 5.93.